The fourth-order valence-electron chi connectivity index (χ4n) is 3.17. The summed E-state index contributed by atoms with van der Waals surface area (Å²) in [6, 6.07) is 18.2. The average molecular weight is 497 g/mol. The van der Waals surface area contributed by atoms with Crippen LogP contribution in [0.5, 0.6) is 5.75 Å². The SMILES string of the molecule is COc1ccccc1N(C)S(=O)(=O)c1ccc(C(=O)OCC(=O)Nc2cccc(C(C)=O)c2)cc1. The molecule has 0 bridgehead atoms. The number of amides is 1. The summed E-state index contributed by atoms with van der Waals surface area (Å²) in [7, 11) is -1.07. The van der Waals surface area contributed by atoms with Crippen LogP contribution in [0.3, 0.4) is 0 Å². The number of methoxy groups -OCH3 is 1. The van der Waals surface area contributed by atoms with Gasteiger partial charge >= 0.3 is 5.97 Å². The molecule has 182 valence electrons. The summed E-state index contributed by atoms with van der Waals surface area (Å²) >= 11 is 0. The van der Waals surface area contributed by atoms with Crippen molar-refractivity contribution in [2.75, 3.05) is 30.4 Å². The van der Waals surface area contributed by atoms with Gasteiger partial charge in [0, 0.05) is 18.3 Å². The number of ether oxygens (including phenoxy) is 2. The molecule has 3 aromatic carbocycles. The number of Topliss-reactive ketones (excluding diaryl/α,β-unsaturated/α-hetero) is 1. The van der Waals surface area contributed by atoms with Crippen LogP contribution in [0.15, 0.2) is 77.7 Å². The van der Waals surface area contributed by atoms with Crippen LogP contribution >= 0.6 is 0 Å². The predicted molar refractivity (Wildman–Crippen MR) is 130 cm³/mol. The number of carbonyl (C=O) groups is 3. The monoisotopic (exact) mass is 496 g/mol. The first-order valence-corrected chi connectivity index (χ1v) is 11.9. The molecule has 0 fully saturated rings. The van der Waals surface area contributed by atoms with Gasteiger partial charge in [-0.1, -0.05) is 24.3 Å². The number of ketones is 1. The first-order chi connectivity index (χ1) is 16.6. The highest BCUT2D eigenvalue weighted by Crippen LogP contribution is 2.30. The molecule has 1 amide bonds. The van der Waals surface area contributed by atoms with Crippen LogP contribution < -0.4 is 14.4 Å². The zero-order valence-electron chi connectivity index (χ0n) is 19.3. The highest BCUT2D eigenvalue weighted by molar-refractivity contribution is 7.92. The molecule has 0 spiro atoms. The van der Waals surface area contributed by atoms with Gasteiger partial charge in [-0.15, -0.1) is 0 Å². The lowest BCUT2D eigenvalue weighted by Gasteiger charge is -2.21. The first-order valence-electron chi connectivity index (χ1n) is 10.4. The zero-order valence-corrected chi connectivity index (χ0v) is 20.2. The maximum Gasteiger partial charge on any atom is 0.338 e. The van der Waals surface area contributed by atoms with Crippen LogP contribution in [0.1, 0.15) is 27.6 Å². The minimum Gasteiger partial charge on any atom is -0.495 e. The van der Waals surface area contributed by atoms with Crippen LogP contribution in [0.25, 0.3) is 0 Å². The average Bonchev–Trinajstić information content (AvgIpc) is 2.87. The largest absolute Gasteiger partial charge is 0.495 e. The Bertz CT molecular complexity index is 1350. The molecular formula is C25H24N2O7S. The van der Waals surface area contributed by atoms with Crippen molar-refractivity contribution in [1.29, 1.82) is 0 Å². The van der Waals surface area contributed by atoms with Crippen molar-refractivity contribution >= 4 is 39.1 Å². The Morgan fingerprint density at radius 2 is 1.60 bits per heavy atom. The second-order valence-electron chi connectivity index (χ2n) is 7.43. The summed E-state index contributed by atoms with van der Waals surface area (Å²) in [5, 5.41) is 2.55. The topological polar surface area (TPSA) is 119 Å². The van der Waals surface area contributed by atoms with Gasteiger partial charge < -0.3 is 14.8 Å². The van der Waals surface area contributed by atoms with E-state index in [1.807, 2.05) is 0 Å². The molecular weight excluding hydrogens is 472 g/mol. The second kappa shape index (κ2) is 10.8. The molecule has 0 radical (unpaired) electrons. The Kier molecular flexibility index (Phi) is 7.87. The fourth-order valence-corrected chi connectivity index (χ4v) is 4.37. The predicted octanol–water partition coefficient (Wildman–Crippen LogP) is 3.52. The third-order valence-corrected chi connectivity index (χ3v) is 6.85. The minimum absolute atomic E-state index is 0.0365. The number of benzene rings is 3. The van der Waals surface area contributed by atoms with Crippen molar-refractivity contribution in [3.63, 3.8) is 0 Å². The molecule has 9 nitrogen and oxygen atoms in total. The van der Waals surface area contributed by atoms with Crippen LogP contribution in [-0.4, -0.2) is 46.8 Å². The fraction of sp³-hybridized carbons (Fsp3) is 0.160. The number of hydrogen-bond donors (Lipinski definition) is 1. The molecule has 0 aliphatic rings. The van der Waals surface area contributed by atoms with Gasteiger partial charge in [0.15, 0.2) is 12.4 Å². The Labute approximate surface area is 203 Å². The Morgan fingerprint density at radius 1 is 0.914 bits per heavy atom. The van der Waals surface area contributed by atoms with Gasteiger partial charge in [-0.25, -0.2) is 13.2 Å². The number of nitrogens with one attached hydrogen (secondary N) is 1. The van der Waals surface area contributed by atoms with Crippen LogP contribution in [0.4, 0.5) is 11.4 Å². The third kappa shape index (κ3) is 6.04. The Hall–Kier alpha value is -4.18. The standard InChI is InChI=1S/C25H24N2O7S/c1-17(28)19-7-6-8-20(15-19)26-24(29)16-34-25(30)18-11-13-21(14-12-18)35(31,32)27(2)22-9-4-5-10-23(22)33-3/h4-15H,16H2,1-3H3,(H,26,29). The molecule has 0 saturated carbocycles. The van der Waals surface area contributed by atoms with E-state index < -0.39 is 28.5 Å². The van der Waals surface area contributed by atoms with Crippen molar-refractivity contribution in [3.05, 3.63) is 83.9 Å². The number of para-hydroxylation sites is 2. The summed E-state index contributed by atoms with van der Waals surface area (Å²) in [5.41, 5.74) is 1.27. The normalized spacial score (nSPS) is 10.8. The molecule has 3 rings (SSSR count). The van der Waals surface area contributed by atoms with Gasteiger partial charge in [0.05, 0.1) is 23.3 Å². The molecule has 0 saturated heterocycles. The van der Waals surface area contributed by atoms with Crippen molar-refractivity contribution in [2.24, 2.45) is 0 Å². The lowest BCUT2D eigenvalue weighted by molar-refractivity contribution is -0.119. The van der Waals surface area contributed by atoms with E-state index >= 15 is 0 Å². The quantitative estimate of drug-likeness (QED) is 0.356. The molecule has 0 aromatic heterocycles. The summed E-state index contributed by atoms with van der Waals surface area (Å²) in [4.78, 5) is 35.8. The van der Waals surface area contributed by atoms with Gasteiger partial charge in [-0.05, 0) is 55.5 Å². The van der Waals surface area contributed by atoms with Gasteiger partial charge in [0.25, 0.3) is 15.9 Å². The van der Waals surface area contributed by atoms with Gasteiger partial charge in [0.1, 0.15) is 5.75 Å². The number of hydrogen-bond acceptors (Lipinski definition) is 7. The highest BCUT2D eigenvalue weighted by atomic mass is 32.2. The second-order valence-corrected chi connectivity index (χ2v) is 9.40. The molecule has 0 unspecified atom stereocenters. The lowest BCUT2D eigenvalue weighted by atomic mass is 10.1. The summed E-state index contributed by atoms with van der Waals surface area (Å²) < 4.78 is 37.4. The molecule has 10 heteroatoms. The molecule has 1 N–H and O–H groups in total. The smallest absolute Gasteiger partial charge is 0.338 e. The van der Waals surface area contributed by atoms with Crippen LogP contribution in [0, 0.1) is 0 Å². The van der Waals surface area contributed by atoms with E-state index in [2.05, 4.69) is 5.32 Å². The maximum absolute atomic E-state index is 13.0. The third-order valence-electron chi connectivity index (χ3n) is 5.06. The van der Waals surface area contributed by atoms with Crippen molar-refractivity contribution in [3.8, 4) is 5.75 Å². The minimum atomic E-state index is -3.92. The van der Waals surface area contributed by atoms with Crippen molar-refractivity contribution in [1.82, 2.24) is 0 Å². The van der Waals surface area contributed by atoms with Crippen LogP contribution in [-0.2, 0) is 19.6 Å². The summed E-state index contributed by atoms with van der Waals surface area (Å²) in [6.45, 7) is 0.857. The van der Waals surface area contributed by atoms with E-state index in [-0.39, 0.29) is 16.2 Å². The van der Waals surface area contributed by atoms with Crippen LogP contribution in [0.2, 0.25) is 0 Å². The van der Waals surface area contributed by atoms with E-state index in [1.165, 1.54) is 51.4 Å². The molecule has 35 heavy (non-hydrogen) atoms. The van der Waals surface area contributed by atoms with E-state index in [4.69, 9.17) is 9.47 Å². The Balaban J connectivity index is 1.64. The maximum atomic E-state index is 13.0. The van der Waals surface area contributed by atoms with Gasteiger partial charge in [-0.2, -0.15) is 0 Å². The molecule has 0 heterocycles. The lowest BCUT2D eigenvalue weighted by Crippen LogP contribution is -2.27. The van der Waals surface area contributed by atoms with E-state index in [0.29, 0.717) is 22.7 Å². The number of rotatable bonds is 9. The summed E-state index contributed by atoms with van der Waals surface area (Å²) in [6.07, 6.45) is 0. The number of anilines is 2. The number of carbonyl (C=O) groups excluding carboxylic acids is 3. The zero-order chi connectivity index (χ0) is 25.6. The van der Waals surface area contributed by atoms with Gasteiger partial charge in [0.2, 0.25) is 0 Å². The van der Waals surface area contributed by atoms with Crippen molar-refractivity contribution < 1.29 is 32.3 Å². The van der Waals surface area contributed by atoms with Gasteiger partial charge in [-0.3, -0.25) is 13.9 Å². The molecule has 0 aliphatic heterocycles. The van der Waals surface area contributed by atoms with E-state index in [0.717, 1.165) is 4.31 Å². The van der Waals surface area contributed by atoms with E-state index in [1.54, 1.807) is 42.5 Å². The number of sulfonamides is 1. The molecule has 0 atom stereocenters. The van der Waals surface area contributed by atoms with Crippen molar-refractivity contribution in [2.45, 2.75) is 11.8 Å². The first kappa shape index (κ1) is 25.4. The summed E-state index contributed by atoms with van der Waals surface area (Å²) in [5.74, 6) is -1.13. The molecule has 0 aliphatic carbocycles. The number of esters is 1. The highest BCUT2D eigenvalue weighted by Gasteiger charge is 2.24. The Morgan fingerprint density at radius 3 is 2.26 bits per heavy atom. The van der Waals surface area contributed by atoms with E-state index in [9.17, 15) is 22.8 Å². The molecule has 3 aromatic rings. The number of nitrogens with zero attached hydrogens (tertiary/aromatic N) is 1.